The molecule has 3 atom stereocenters. The van der Waals surface area contributed by atoms with Crippen molar-refractivity contribution < 1.29 is 23.5 Å². The Kier molecular flexibility index (Phi) is 10.9. The second-order valence-electron chi connectivity index (χ2n) is 8.05. The number of aliphatic hydroxyl groups excluding tert-OH is 1. The van der Waals surface area contributed by atoms with Crippen LogP contribution < -0.4 is 22.1 Å². The summed E-state index contributed by atoms with van der Waals surface area (Å²) < 4.78 is 26.9. The highest BCUT2D eigenvalue weighted by Crippen LogP contribution is 2.12. The van der Waals surface area contributed by atoms with Crippen molar-refractivity contribution in [2.45, 2.75) is 50.3 Å². The Balaban J connectivity index is 1.57. The van der Waals surface area contributed by atoms with Gasteiger partial charge < -0.3 is 27.2 Å². The van der Waals surface area contributed by atoms with E-state index in [0.717, 1.165) is 23.8 Å². The van der Waals surface area contributed by atoms with Crippen molar-refractivity contribution in [2.75, 3.05) is 13.1 Å². The van der Waals surface area contributed by atoms with Gasteiger partial charge in [0.25, 0.3) is 0 Å². The number of rotatable bonds is 13. The first kappa shape index (κ1) is 26.4. The highest BCUT2D eigenvalue weighted by molar-refractivity contribution is 5.81. The lowest BCUT2D eigenvalue weighted by molar-refractivity contribution is -0.130. The molecule has 0 aliphatic rings. The smallest absolute Gasteiger partial charge is 0.250 e. The van der Waals surface area contributed by atoms with Crippen LogP contribution in [-0.2, 0) is 22.4 Å². The number of carbonyl (C=O) groups is 2. The summed E-state index contributed by atoms with van der Waals surface area (Å²) in [5.41, 5.74) is 12.9. The molecule has 3 unspecified atom stereocenters. The predicted octanol–water partition coefficient (Wildman–Crippen LogP) is 1.17. The molecule has 0 aromatic heterocycles. The van der Waals surface area contributed by atoms with E-state index in [-0.39, 0.29) is 24.3 Å². The van der Waals surface area contributed by atoms with Gasteiger partial charge in [-0.2, -0.15) is 0 Å². The molecule has 33 heavy (non-hydrogen) atoms. The molecule has 0 fully saturated rings. The molecule has 0 heterocycles. The Morgan fingerprint density at radius 1 is 0.939 bits per heavy atom. The fourth-order valence-corrected chi connectivity index (χ4v) is 3.35. The second-order valence-corrected chi connectivity index (χ2v) is 8.05. The Hall–Kier alpha value is -2.88. The lowest BCUT2D eigenvalue weighted by atomic mass is 10.0. The lowest BCUT2D eigenvalue weighted by Gasteiger charge is -2.18. The van der Waals surface area contributed by atoms with Gasteiger partial charge in [0.2, 0.25) is 11.8 Å². The molecule has 7 N–H and O–H groups in total. The Morgan fingerprint density at radius 3 is 2.30 bits per heavy atom. The first-order valence-corrected chi connectivity index (χ1v) is 11.0. The van der Waals surface area contributed by atoms with Crippen LogP contribution in [0, 0.1) is 11.6 Å². The van der Waals surface area contributed by atoms with Crippen LogP contribution in [0.3, 0.4) is 0 Å². The maximum atomic E-state index is 13.7. The molecule has 2 aromatic rings. The topological polar surface area (TPSA) is 130 Å². The Bertz CT molecular complexity index is 899. The third-order valence-corrected chi connectivity index (χ3v) is 5.15. The molecule has 180 valence electrons. The van der Waals surface area contributed by atoms with Gasteiger partial charge in [0, 0.05) is 31.6 Å². The zero-order chi connectivity index (χ0) is 24.2. The molecule has 0 aliphatic heterocycles. The molecule has 2 aromatic carbocycles. The van der Waals surface area contributed by atoms with E-state index in [1.54, 1.807) is 0 Å². The molecule has 0 spiro atoms. The third-order valence-electron chi connectivity index (χ3n) is 5.15. The fourth-order valence-electron chi connectivity index (χ4n) is 3.35. The summed E-state index contributed by atoms with van der Waals surface area (Å²) in [7, 11) is 0. The van der Waals surface area contributed by atoms with Crippen LogP contribution in [0.5, 0.6) is 0 Å². The van der Waals surface area contributed by atoms with Gasteiger partial charge in [0.1, 0.15) is 17.7 Å². The van der Waals surface area contributed by atoms with Crippen molar-refractivity contribution in [3.8, 4) is 0 Å². The number of benzene rings is 2. The van der Waals surface area contributed by atoms with E-state index in [1.807, 2.05) is 30.3 Å². The molecule has 2 amide bonds. The highest BCUT2D eigenvalue weighted by Gasteiger charge is 2.22. The van der Waals surface area contributed by atoms with E-state index < -0.39 is 35.7 Å². The van der Waals surface area contributed by atoms with Gasteiger partial charge in [-0.15, -0.1) is 0 Å². The van der Waals surface area contributed by atoms with Crippen molar-refractivity contribution in [1.82, 2.24) is 10.6 Å². The van der Waals surface area contributed by atoms with Crippen molar-refractivity contribution in [3.05, 3.63) is 71.3 Å². The highest BCUT2D eigenvalue weighted by atomic mass is 19.1. The SMILES string of the molecule is NC(CC(=O)NCCCCNC(=O)C(O)C(N)Cc1ccccc1)Cc1cc(F)ccc1F. The van der Waals surface area contributed by atoms with Gasteiger partial charge in [-0.3, -0.25) is 9.59 Å². The monoisotopic (exact) mass is 462 g/mol. The van der Waals surface area contributed by atoms with Crippen molar-refractivity contribution in [1.29, 1.82) is 0 Å². The number of hydrogen-bond acceptors (Lipinski definition) is 5. The molecule has 0 saturated carbocycles. The average Bonchev–Trinajstić information content (AvgIpc) is 2.78. The van der Waals surface area contributed by atoms with Gasteiger partial charge in [-0.05, 0) is 55.0 Å². The number of nitrogens with two attached hydrogens (primary N) is 2. The largest absolute Gasteiger partial charge is 0.382 e. The minimum absolute atomic E-state index is 0.0157. The number of carbonyl (C=O) groups excluding carboxylic acids is 2. The van der Waals surface area contributed by atoms with Gasteiger partial charge in [-0.1, -0.05) is 30.3 Å². The lowest BCUT2D eigenvalue weighted by Crippen LogP contribution is -2.47. The van der Waals surface area contributed by atoms with E-state index in [0.29, 0.717) is 32.4 Å². The number of aliphatic hydroxyl groups is 1. The summed E-state index contributed by atoms with van der Waals surface area (Å²) in [5, 5.41) is 15.4. The minimum atomic E-state index is -1.31. The number of nitrogens with one attached hydrogen (secondary N) is 2. The first-order valence-electron chi connectivity index (χ1n) is 11.0. The molecular formula is C24H32F2N4O3. The van der Waals surface area contributed by atoms with Crippen molar-refractivity contribution in [2.24, 2.45) is 11.5 Å². The number of halogens is 2. The maximum Gasteiger partial charge on any atom is 0.250 e. The second kappa shape index (κ2) is 13.6. The Morgan fingerprint density at radius 2 is 1.61 bits per heavy atom. The van der Waals surface area contributed by atoms with Crippen LogP contribution in [0.25, 0.3) is 0 Å². The Labute approximate surface area is 192 Å². The van der Waals surface area contributed by atoms with Crippen LogP contribution in [0.4, 0.5) is 8.78 Å². The van der Waals surface area contributed by atoms with Crippen LogP contribution >= 0.6 is 0 Å². The standard InChI is InChI=1S/C24H32F2N4O3/c25-18-8-9-20(26)17(13-18)14-19(27)15-22(31)29-10-4-5-11-30-24(33)23(32)21(28)12-16-6-2-1-3-7-16/h1-3,6-9,13,19,21,23,32H,4-5,10-12,14-15,27-28H2,(H,29,31)(H,30,33). The zero-order valence-corrected chi connectivity index (χ0v) is 18.5. The molecule has 0 saturated heterocycles. The summed E-state index contributed by atoms with van der Waals surface area (Å²) in [6, 6.07) is 11.2. The van der Waals surface area contributed by atoms with E-state index in [2.05, 4.69) is 10.6 Å². The molecule has 0 bridgehead atoms. The van der Waals surface area contributed by atoms with Gasteiger partial charge in [0.15, 0.2) is 0 Å². The molecule has 9 heteroatoms. The summed E-state index contributed by atoms with van der Waals surface area (Å²) in [6.45, 7) is 0.716. The average molecular weight is 463 g/mol. The van der Waals surface area contributed by atoms with Gasteiger partial charge in [-0.25, -0.2) is 8.78 Å². The minimum Gasteiger partial charge on any atom is -0.382 e. The maximum absolute atomic E-state index is 13.7. The van der Waals surface area contributed by atoms with Crippen LogP contribution in [0.15, 0.2) is 48.5 Å². The van der Waals surface area contributed by atoms with E-state index in [1.165, 1.54) is 0 Å². The summed E-state index contributed by atoms with van der Waals surface area (Å²) >= 11 is 0. The van der Waals surface area contributed by atoms with E-state index in [4.69, 9.17) is 11.5 Å². The first-order chi connectivity index (χ1) is 15.8. The summed E-state index contributed by atoms with van der Waals surface area (Å²) in [5.74, 6) is -1.93. The number of amides is 2. The van der Waals surface area contributed by atoms with Crippen molar-refractivity contribution in [3.63, 3.8) is 0 Å². The molecule has 7 nitrogen and oxygen atoms in total. The summed E-state index contributed by atoms with van der Waals surface area (Å²) in [4.78, 5) is 24.0. The van der Waals surface area contributed by atoms with Crippen LogP contribution in [0.1, 0.15) is 30.4 Å². The molecule has 2 rings (SSSR count). The van der Waals surface area contributed by atoms with Crippen molar-refractivity contribution >= 4 is 11.8 Å². The molecule has 0 aliphatic carbocycles. The summed E-state index contributed by atoms with van der Waals surface area (Å²) in [6.07, 6.45) is 0.305. The van der Waals surface area contributed by atoms with Crippen LogP contribution in [-0.4, -0.2) is 48.2 Å². The van der Waals surface area contributed by atoms with Gasteiger partial charge >= 0.3 is 0 Å². The number of hydrogen-bond donors (Lipinski definition) is 5. The fraction of sp³-hybridized carbons (Fsp3) is 0.417. The molecule has 0 radical (unpaired) electrons. The van der Waals surface area contributed by atoms with Crippen LogP contribution in [0.2, 0.25) is 0 Å². The van der Waals surface area contributed by atoms with Gasteiger partial charge in [0.05, 0.1) is 0 Å². The number of unbranched alkanes of at least 4 members (excludes halogenated alkanes) is 1. The molecular weight excluding hydrogens is 430 g/mol. The predicted molar refractivity (Wildman–Crippen MR) is 122 cm³/mol. The third kappa shape index (κ3) is 9.65. The zero-order valence-electron chi connectivity index (χ0n) is 18.5. The van der Waals surface area contributed by atoms with E-state index in [9.17, 15) is 23.5 Å². The normalized spacial score (nSPS) is 13.7. The van der Waals surface area contributed by atoms with E-state index >= 15 is 0 Å². The quantitative estimate of drug-likeness (QED) is 0.285.